The third kappa shape index (κ3) is 3.59. The van der Waals surface area contributed by atoms with Gasteiger partial charge in [-0.2, -0.15) is 0 Å². The molecule has 0 aromatic heterocycles. The summed E-state index contributed by atoms with van der Waals surface area (Å²) in [4.78, 5) is 25.4. The normalized spacial score (nSPS) is 24.2. The molecular formula is C12H22ClN3O2. The van der Waals surface area contributed by atoms with Gasteiger partial charge in [-0.3, -0.25) is 9.59 Å². The first-order valence-corrected chi connectivity index (χ1v) is 6.43. The Morgan fingerprint density at radius 1 is 1.50 bits per heavy atom. The SMILES string of the molecule is CNC(=O)CC1NCCN(CC2CCC2)C1=O.Cl. The van der Waals surface area contributed by atoms with Crippen LogP contribution in [0.15, 0.2) is 0 Å². The van der Waals surface area contributed by atoms with E-state index in [9.17, 15) is 9.59 Å². The monoisotopic (exact) mass is 275 g/mol. The second-order valence-corrected chi connectivity index (χ2v) is 4.97. The molecule has 6 heteroatoms. The molecule has 1 atom stereocenters. The van der Waals surface area contributed by atoms with Crippen molar-refractivity contribution in [3.8, 4) is 0 Å². The summed E-state index contributed by atoms with van der Waals surface area (Å²) in [6.45, 7) is 2.45. The molecule has 0 aromatic rings. The van der Waals surface area contributed by atoms with Crippen LogP contribution in [0.1, 0.15) is 25.7 Å². The summed E-state index contributed by atoms with van der Waals surface area (Å²) in [5.41, 5.74) is 0. The van der Waals surface area contributed by atoms with Crippen molar-refractivity contribution >= 4 is 24.2 Å². The van der Waals surface area contributed by atoms with Crippen LogP contribution >= 0.6 is 12.4 Å². The molecular weight excluding hydrogens is 254 g/mol. The minimum absolute atomic E-state index is 0. The maximum atomic E-state index is 12.1. The molecule has 0 bridgehead atoms. The van der Waals surface area contributed by atoms with Crippen LogP contribution in [0.5, 0.6) is 0 Å². The average molecular weight is 276 g/mol. The van der Waals surface area contributed by atoms with Gasteiger partial charge in [-0.25, -0.2) is 0 Å². The first-order chi connectivity index (χ1) is 8.20. The molecule has 0 aromatic carbocycles. The molecule has 0 spiro atoms. The van der Waals surface area contributed by atoms with Crippen molar-refractivity contribution < 1.29 is 9.59 Å². The fraction of sp³-hybridized carbons (Fsp3) is 0.833. The number of carbonyl (C=O) groups is 2. The van der Waals surface area contributed by atoms with E-state index in [1.165, 1.54) is 19.3 Å². The van der Waals surface area contributed by atoms with Crippen molar-refractivity contribution in [3.63, 3.8) is 0 Å². The van der Waals surface area contributed by atoms with Crippen LogP contribution in [0.25, 0.3) is 0 Å². The summed E-state index contributed by atoms with van der Waals surface area (Å²) in [5, 5.41) is 5.68. The smallest absolute Gasteiger partial charge is 0.240 e. The summed E-state index contributed by atoms with van der Waals surface area (Å²) < 4.78 is 0. The van der Waals surface area contributed by atoms with Crippen LogP contribution in [0.3, 0.4) is 0 Å². The molecule has 2 N–H and O–H groups in total. The van der Waals surface area contributed by atoms with E-state index in [1.54, 1.807) is 7.05 Å². The number of carbonyl (C=O) groups excluding carboxylic acids is 2. The Hall–Kier alpha value is -0.810. The number of nitrogens with one attached hydrogen (secondary N) is 2. The molecule has 1 aliphatic carbocycles. The summed E-state index contributed by atoms with van der Waals surface area (Å²) >= 11 is 0. The van der Waals surface area contributed by atoms with Crippen molar-refractivity contribution in [3.05, 3.63) is 0 Å². The molecule has 2 fully saturated rings. The lowest BCUT2D eigenvalue weighted by Crippen LogP contribution is -2.57. The number of hydrogen-bond donors (Lipinski definition) is 2. The van der Waals surface area contributed by atoms with E-state index < -0.39 is 0 Å². The average Bonchev–Trinajstić information content (AvgIpc) is 2.27. The Labute approximate surface area is 114 Å². The Bertz CT molecular complexity index is 308. The van der Waals surface area contributed by atoms with Crippen LogP contribution in [-0.4, -0.2) is 49.4 Å². The molecule has 18 heavy (non-hydrogen) atoms. The minimum Gasteiger partial charge on any atom is -0.359 e. The van der Waals surface area contributed by atoms with Gasteiger partial charge in [0, 0.05) is 26.7 Å². The van der Waals surface area contributed by atoms with Gasteiger partial charge in [0.25, 0.3) is 0 Å². The van der Waals surface area contributed by atoms with Crippen molar-refractivity contribution in [2.24, 2.45) is 5.92 Å². The number of hydrogen-bond acceptors (Lipinski definition) is 3. The topological polar surface area (TPSA) is 61.4 Å². The van der Waals surface area contributed by atoms with Crippen molar-refractivity contribution in [2.45, 2.75) is 31.7 Å². The van der Waals surface area contributed by atoms with E-state index >= 15 is 0 Å². The predicted molar refractivity (Wildman–Crippen MR) is 71.6 cm³/mol. The van der Waals surface area contributed by atoms with Crippen LogP contribution in [0.2, 0.25) is 0 Å². The van der Waals surface area contributed by atoms with E-state index in [1.807, 2.05) is 4.90 Å². The quantitative estimate of drug-likeness (QED) is 0.768. The standard InChI is InChI=1S/C12H21N3O2.ClH/c1-13-11(16)7-10-12(17)15(6-5-14-10)8-9-3-2-4-9;/h9-10,14H,2-8H2,1H3,(H,13,16);1H. The summed E-state index contributed by atoms with van der Waals surface area (Å²) in [6, 6.07) is -0.330. The Balaban J connectivity index is 0.00000162. The van der Waals surface area contributed by atoms with Gasteiger partial charge in [-0.05, 0) is 18.8 Å². The van der Waals surface area contributed by atoms with Gasteiger partial charge in [0.05, 0.1) is 12.5 Å². The van der Waals surface area contributed by atoms with Crippen LogP contribution < -0.4 is 10.6 Å². The molecule has 2 rings (SSSR count). The number of piperazine rings is 1. The molecule has 1 unspecified atom stereocenters. The molecule has 0 radical (unpaired) electrons. The highest BCUT2D eigenvalue weighted by molar-refractivity contribution is 5.88. The lowest BCUT2D eigenvalue weighted by atomic mass is 9.85. The Kier molecular flexibility index (Phi) is 5.88. The Morgan fingerprint density at radius 2 is 2.22 bits per heavy atom. The number of rotatable bonds is 4. The zero-order valence-electron chi connectivity index (χ0n) is 10.8. The zero-order valence-corrected chi connectivity index (χ0v) is 11.6. The molecule has 104 valence electrons. The van der Waals surface area contributed by atoms with Gasteiger partial charge in [0.15, 0.2) is 0 Å². The van der Waals surface area contributed by atoms with Crippen molar-refractivity contribution in [1.82, 2.24) is 15.5 Å². The van der Waals surface area contributed by atoms with Crippen molar-refractivity contribution in [1.29, 1.82) is 0 Å². The Morgan fingerprint density at radius 3 is 2.78 bits per heavy atom. The summed E-state index contributed by atoms with van der Waals surface area (Å²) in [6.07, 6.45) is 4.04. The van der Waals surface area contributed by atoms with Crippen LogP contribution in [-0.2, 0) is 9.59 Å². The van der Waals surface area contributed by atoms with Gasteiger partial charge in [-0.15, -0.1) is 12.4 Å². The second-order valence-electron chi connectivity index (χ2n) is 4.97. The number of halogens is 1. The predicted octanol–water partition coefficient (Wildman–Crippen LogP) is 0.145. The van der Waals surface area contributed by atoms with Gasteiger partial charge in [0.2, 0.25) is 11.8 Å². The van der Waals surface area contributed by atoms with E-state index in [0.717, 1.165) is 19.6 Å². The summed E-state index contributed by atoms with van der Waals surface area (Å²) in [7, 11) is 1.60. The van der Waals surface area contributed by atoms with E-state index in [2.05, 4.69) is 10.6 Å². The number of nitrogens with zero attached hydrogens (tertiary/aromatic N) is 1. The van der Waals surface area contributed by atoms with Gasteiger partial charge < -0.3 is 15.5 Å². The molecule has 2 aliphatic rings. The molecule has 1 saturated carbocycles. The lowest BCUT2D eigenvalue weighted by molar-refractivity contribution is -0.139. The van der Waals surface area contributed by atoms with E-state index in [-0.39, 0.29) is 36.7 Å². The largest absolute Gasteiger partial charge is 0.359 e. The maximum absolute atomic E-state index is 12.1. The highest BCUT2D eigenvalue weighted by atomic mass is 35.5. The van der Waals surface area contributed by atoms with Gasteiger partial charge >= 0.3 is 0 Å². The third-order valence-electron chi connectivity index (χ3n) is 3.75. The van der Waals surface area contributed by atoms with E-state index in [0.29, 0.717) is 5.92 Å². The van der Waals surface area contributed by atoms with E-state index in [4.69, 9.17) is 0 Å². The van der Waals surface area contributed by atoms with Crippen molar-refractivity contribution in [2.75, 3.05) is 26.7 Å². The van der Waals surface area contributed by atoms with Gasteiger partial charge in [-0.1, -0.05) is 6.42 Å². The van der Waals surface area contributed by atoms with Gasteiger partial charge in [0.1, 0.15) is 0 Å². The highest BCUT2D eigenvalue weighted by Gasteiger charge is 2.32. The fourth-order valence-corrected chi connectivity index (χ4v) is 2.41. The lowest BCUT2D eigenvalue weighted by Gasteiger charge is -2.37. The molecule has 2 amide bonds. The highest BCUT2D eigenvalue weighted by Crippen LogP contribution is 2.27. The van der Waals surface area contributed by atoms with Crippen LogP contribution in [0.4, 0.5) is 0 Å². The third-order valence-corrected chi connectivity index (χ3v) is 3.75. The first kappa shape index (κ1) is 15.2. The zero-order chi connectivity index (χ0) is 12.3. The second kappa shape index (κ2) is 6.95. The fourth-order valence-electron chi connectivity index (χ4n) is 2.41. The number of amides is 2. The molecule has 1 aliphatic heterocycles. The first-order valence-electron chi connectivity index (χ1n) is 6.43. The molecule has 5 nitrogen and oxygen atoms in total. The minimum atomic E-state index is -0.330. The molecule has 1 saturated heterocycles. The van der Waals surface area contributed by atoms with Crippen LogP contribution in [0, 0.1) is 5.92 Å². The summed E-state index contributed by atoms with van der Waals surface area (Å²) in [5.74, 6) is 0.700. The maximum Gasteiger partial charge on any atom is 0.240 e. The molecule has 1 heterocycles.